The van der Waals surface area contributed by atoms with Gasteiger partial charge in [-0.15, -0.1) is 0 Å². The minimum Gasteiger partial charge on any atom is -0.431 e. The van der Waals surface area contributed by atoms with Crippen LogP contribution in [-0.2, 0) is 6.18 Å². The van der Waals surface area contributed by atoms with Gasteiger partial charge in [-0.3, -0.25) is 0 Å². The molecule has 11 heavy (non-hydrogen) atoms. The Kier molecular flexibility index (Phi) is 1.72. The van der Waals surface area contributed by atoms with E-state index < -0.39 is 17.4 Å². The predicted octanol–water partition coefficient (Wildman–Crippen LogP) is 1.66. The molecule has 1 heterocycles. The van der Waals surface area contributed by atoms with Gasteiger partial charge in [0.25, 0.3) is 0 Å². The first-order chi connectivity index (χ1) is 5.00. The maximum atomic E-state index is 11.8. The molecular weight excluding hydrogens is 161 g/mol. The molecule has 0 fully saturated rings. The van der Waals surface area contributed by atoms with Gasteiger partial charge in [0.05, 0.1) is 5.56 Å². The summed E-state index contributed by atoms with van der Waals surface area (Å²) < 4.78 is 39.3. The van der Waals surface area contributed by atoms with Crippen LogP contribution in [0.3, 0.4) is 0 Å². The fourth-order valence-electron chi connectivity index (χ4n) is 0.519. The normalized spacial score (nSPS) is 11.5. The van der Waals surface area contributed by atoms with Crippen molar-refractivity contribution >= 4 is 0 Å². The van der Waals surface area contributed by atoms with Crippen molar-refractivity contribution in [1.29, 1.82) is 0 Å². The van der Waals surface area contributed by atoms with E-state index in [2.05, 4.69) is 4.42 Å². The van der Waals surface area contributed by atoms with Gasteiger partial charge in [0, 0.05) is 6.07 Å². The summed E-state index contributed by atoms with van der Waals surface area (Å²) in [6, 6.07) is 1.40. The molecule has 1 aromatic heterocycles. The largest absolute Gasteiger partial charge is 0.431 e. The maximum absolute atomic E-state index is 11.8. The third-order valence-electron chi connectivity index (χ3n) is 1.03. The Morgan fingerprint density at radius 2 is 1.91 bits per heavy atom. The average Bonchev–Trinajstić information content (AvgIpc) is 1.86. The van der Waals surface area contributed by atoms with E-state index in [1.807, 2.05) is 0 Å². The van der Waals surface area contributed by atoms with Crippen molar-refractivity contribution in [3.8, 4) is 0 Å². The SMILES string of the molecule is O=c1ccc(C(F)(F)F)co1. The molecule has 0 atom stereocenters. The zero-order chi connectivity index (χ0) is 8.48. The van der Waals surface area contributed by atoms with Crippen molar-refractivity contribution in [2.45, 2.75) is 6.18 Å². The highest BCUT2D eigenvalue weighted by atomic mass is 19.4. The summed E-state index contributed by atoms with van der Waals surface area (Å²) in [7, 11) is 0. The smallest absolute Gasteiger partial charge is 0.419 e. The van der Waals surface area contributed by atoms with E-state index in [1.54, 1.807) is 0 Å². The molecule has 5 heteroatoms. The van der Waals surface area contributed by atoms with E-state index in [-0.39, 0.29) is 0 Å². The van der Waals surface area contributed by atoms with E-state index in [0.717, 1.165) is 6.07 Å². The van der Waals surface area contributed by atoms with Crippen molar-refractivity contribution in [3.63, 3.8) is 0 Å². The standard InChI is InChI=1S/C6H3F3O2/c7-6(8,9)4-1-2-5(10)11-3-4/h1-3H. The molecule has 0 aromatic carbocycles. The minimum absolute atomic E-state index is 0.391. The Hall–Kier alpha value is -1.26. The molecule has 0 bridgehead atoms. The van der Waals surface area contributed by atoms with Gasteiger partial charge in [-0.1, -0.05) is 0 Å². The van der Waals surface area contributed by atoms with Crippen LogP contribution in [0.2, 0.25) is 0 Å². The topological polar surface area (TPSA) is 30.2 Å². The Morgan fingerprint density at radius 3 is 2.27 bits per heavy atom. The van der Waals surface area contributed by atoms with Gasteiger partial charge in [0.1, 0.15) is 6.26 Å². The van der Waals surface area contributed by atoms with Crippen LogP contribution in [0.15, 0.2) is 27.6 Å². The lowest BCUT2D eigenvalue weighted by Crippen LogP contribution is -2.06. The van der Waals surface area contributed by atoms with Crippen molar-refractivity contribution < 1.29 is 17.6 Å². The summed E-state index contributed by atoms with van der Waals surface area (Å²) in [4.78, 5) is 10.2. The first-order valence-corrected chi connectivity index (χ1v) is 2.66. The zero-order valence-corrected chi connectivity index (χ0v) is 5.18. The van der Waals surface area contributed by atoms with Crippen molar-refractivity contribution in [1.82, 2.24) is 0 Å². The van der Waals surface area contributed by atoms with Crippen molar-refractivity contribution in [2.24, 2.45) is 0 Å². The van der Waals surface area contributed by atoms with Gasteiger partial charge < -0.3 is 4.42 Å². The Bertz CT molecular complexity index is 279. The molecule has 0 spiro atoms. The Morgan fingerprint density at radius 1 is 1.27 bits per heavy atom. The maximum Gasteiger partial charge on any atom is 0.419 e. The molecule has 1 aromatic rings. The highest BCUT2D eigenvalue weighted by Gasteiger charge is 2.30. The molecule has 0 radical (unpaired) electrons. The third kappa shape index (κ3) is 1.83. The molecule has 2 nitrogen and oxygen atoms in total. The fourth-order valence-corrected chi connectivity index (χ4v) is 0.519. The van der Waals surface area contributed by atoms with Crippen LogP contribution in [0, 0.1) is 0 Å². The van der Waals surface area contributed by atoms with Gasteiger partial charge in [0.15, 0.2) is 0 Å². The molecule has 0 unspecified atom stereocenters. The Balaban J connectivity index is 3.09. The zero-order valence-electron chi connectivity index (χ0n) is 5.18. The van der Waals surface area contributed by atoms with Gasteiger partial charge in [0.2, 0.25) is 0 Å². The number of alkyl halides is 3. The van der Waals surface area contributed by atoms with Gasteiger partial charge in [-0.05, 0) is 6.07 Å². The predicted molar refractivity (Wildman–Crippen MR) is 30.0 cm³/mol. The second kappa shape index (κ2) is 2.41. The molecule has 1 rings (SSSR count). The highest BCUT2D eigenvalue weighted by molar-refractivity contribution is 5.09. The summed E-state index contributed by atoms with van der Waals surface area (Å²) in [5.74, 6) is 0. The van der Waals surface area contributed by atoms with Crippen LogP contribution < -0.4 is 5.63 Å². The van der Waals surface area contributed by atoms with Gasteiger partial charge in [-0.25, -0.2) is 4.79 Å². The monoisotopic (exact) mass is 164 g/mol. The second-order valence-corrected chi connectivity index (χ2v) is 1.84. The molecule has 0 saturated heterocycles. The van der Waals surface area contributed by atoms with E-state index in [9.17, 15) is 18.0 Å². The second-order valence-electron chi connectivity index (χ2n) is 1.84. The molecular formula is C6H3F3O2. The number of hydrogen-bond donors (Lipinski definition) is 0. The minimum atomic E-state index is -4.45. The molecule has 60 valence electrons. The number of halogens is 3. The highest BCUT2D eigenvalue weighted by Crippen LogP contribution is 2.27. The van der Waals surface area contributed by atoms with Crippen LogP contribution in [-0.4, -0.2) is 0 Å². The average molecular weight is 164 g/mol. The van der Waals surface area contributed by atoms with Crippen LogP contribution >= 0.6 is 0 Å². The molecule has 0 N–H and O–H groups in total. The van der Waals surface area contributed by atoms with Crippen molar-refractivity contribution in [3.05, 3.63) is 34.4 Å². The first kappa shape index (κ1) is 7.84. The summed E-state index contributed by atoms with van der Waals surface area (Å²) in [6.07, 6.45) is -4.06. The lowest BCUT2D eigenvalue weighted by Gasteiger charge is -2.02. The van der Waals surface area contributed by atoms with Gasteiger partial charge >= 0.3 is 11.8 Å². The van der Waals surface area contributed by atoms with Crippen LogP contribution in [0.4, 0.5) is 13.2 Å². The van der Waals surface area contributed by atoms with E-state index >= 15 is 0 Å². The van der Waals surface area contributed by atoms with Crippen LogP contribution in [0.1, 0.15) is 5.56 Å². The summed E-state index contributed by atoms with van der Waals surface area (Å²) >= 11 is 0. The molecule has 0 aliphatic heterocycles. The van der Waals surface area contributed by atoms with E-state index in [1.165, 1.54) is 0 Å². The van der Waals surface area contributed by atoms with E-state index in [4.69, 9.17) is 0 Å². The van der Waals surface area contributed by atoms with E-state index in [0.29, 0.717) is 12.3 Å². The Labute approximate surface area is 59.3 Å². The summed E-state index contributed by atoms with van der Waals surface area (Å²) in [5, 5.41) is 0. The fraction of sp³-hybridized carbons (Fsp3) is 0.167. The molecule has 0 saturated carbocycles. The molecule has 0 aliphatic carbocycles. The van der Waals surface area contributed by atoms with Gasteiger partial charge in [-0.2, -0.15) is 13.2 Å². The molecule has 0 aliphatic rings. The lowest BCUT2D eigenvalue weighted by molar-refractivity contribution is -0.138. The van der Waals surface area contributed by atoms with Crippen LogP contribution in [0.25, 0.3) is 0 Å². The lowest BCUT2D eigenvalue weighted by atomic mass is 10.3. The molecule has 0 amide bonds. The number of hydrogen-bond acceptors (Lipinski definition) is 2. The summed E-state index contributed by atoms with van der Waals surface area (Å²) in [6.45, 7) is 0. The third-order valence-corrected chi connectivity index (χ3v) is 1.03. The number of rotatable bonds is 0. The van der Waals surface area contributed by atoms with Crippen LogP contribution in [0.5, 0.6) is 0 Å². The first-order valence-electron chi connectivity index (χ1n) is 2.66. The quantitative estimate of drug-likeness (QED) is 0.583. The summed E-state index contributed by atoms with van der Waals surface area (Å²) in [5.41, 5.74) is -1.75. The van der Waals surface area contributed by atoms with Crippen molar-refractivity contribution in [2.75, 3.05) is 0 Å².